The van der Waals surface area contributed by atoms with E-state index in [1.165, 1.54) is 0 Å². The van der Waals surface area contributed by atoms with Crippen LogP contribution in [0.1, 0.15) is 51.9 Å². The van der Waals surface area contributed by atoms with Crippen LogP contribution >= 0.6 is 0 Å². The summed E-state index contributed by atoms with van der Waals surface area (Å²) in [6.45, 7) is 2.02. The summed E-state index contributed by atoms with van der Waals surface area (Å²) in [5, 5.41) is 18.9. The normalized spacial score (nSPS) is 45.1. The van der Waals surface area contributed by atoms with Crippen LogP contribution in [0, 0.1) is 11.3 Å². The van der Waals surface area contributed by atoms with Gasteiger partial charge in [-0.3, -0.25) is 4.79 Å². The van der Waals surface area contributed by atoms with Crippen LogP contribution in [0.15, 0.2) is 0 Å². The van der Waals surface area contributed by atoms with E-state index in [0.29, 0.717) is 0 Å². The fraction of sp³-hybridized carbons (Fsp3) is 0.917. The predicted octanol–water partition coefficient (Wildman–Crippen LogP) is 2.18. The van der Waals surface area contributed by atoms with Gasteiger partial charge in [0.05, 0.1) is 11.5 Å². The molecule has 0 aromatic heterocycles. The number of aliphatic carboxylic acids is 1. The summed E-state index contributed by atoms with van der Waals surface area (Å²) in [6, 6.07) is 0. The highest BCUT2D eigenvalue weighted by Gasteiger charge is 2.53. The summed E-state index contributed by atoms with van der Waals surface area (Å²) in [7, 11) is 0. The van der Waals surface area contributed by atoms with Crippen LogP contribution in [0.5, 0.6) is 0 Å². The van der Waals surface area contributed by atoms with Crippen molar-refractivity contribution in [3.05, 3.63) is 0 Å². The molecule has 2 rings (SSSR count). The van der Waals surface area contributed by atoms with Crippen molar-refractivity contribution < 1.29 is 15.0 Å². The van der Waals surface area contributed by atoms with Crippen LogP contribution in [0.25, 0.3) is 0 Å². The quantitative estimate of drug-likeness (QED) is 0.737. The second-order valence-corrected chi connectivity index (χ2v) is 5.54. The molecule has 2 saturated carbocycles. The van der Waals surface area contributed by atoms with Crippen molar-refractivity contribution >= 4 is 5.97 Å². The molecule has 0 unspecified atom stereocenters. The maximum atomic E-state index is 10.8. The minimum absolute atomic E-state index is 0.133. The lowest BCUT2D eigenvalue weighted by Crippen LogP contribution is -2.53. The van der Waals surface area contributed by atoms with E-state index in [2.05, 4.69) is 0 Å². The van der Waals surface area contributed by atoms with Crippen molar-refractivity contribution in [3.8, 4) is 0 Å². The van der Waals surface area contributed by atoms with Gasteiger partial charge in [0.1, 0.15) is 0 Å². The van der Waals surface area contributed by atoms with E-state index in [-0.39, 0.29) is 11.3 Å². The first-order valence-corrected chi connectivity index (χ1v) is 5.94. The first kappa shape index (κ1) is 10.9. The zero-order valence-corrected chi connectivity index (χ0v) is 9.33. The second-order valence-electron chi connectivity index (χ2n) is 5.54. The van der Waals surface area contributed by atoms with E-state index in [1.54, 1.807) is 0 Å². The van der Waals surface area contributed by atoms with Gasteiger partial charge in [-0.1, -0.05) is 6.92 Å². The van der Waals surface area contributed by atoms with Gasteiger partial charge in [-0.25, -0.2) is 0 Å². The van der Waals surface area contributed by atoms with Gasteiger partial charge in [0.25, 0.3) is 0 Å². The lowest BCUT2D eigenvalue weighted by atomic mass is 9.52. The predicted molar refractivity (Wildman–Crippen MR) is 56.5 cm³/mol. The number of hydrogen-bond acceptors (Lipinski definition) is 2. The third-order valence-electron chi connectivity index (χ3n) is 4.46. The van der Waals surface area contributed by atoms with E-state index in [1.807, 2.05) is 6.92 Å². The van der Waals surface area contributed by atoms with E-state index < -0.39 is 11.6 Å². The maximum Gasteiger partial charge on any atom is 0.306 e. The number of aliphatic hydroxyl groups is 1. The minimum Gasteiger partial charge on any atom is -0.481 e. The molecule has 0 radical (unpaired) electrons. The Balaban J connectivity index is 1.88. The summed E-state index contributed by atoms with van der Waals surface area (Å²) < 4.78 is 0. The van der Waals surface area contributed by atoms with Gasteiger partial charge in [-0.05, 0) is 50.4 Å². The summed E-state index contributed by atoms with van der Waals surface area (Å²) in [6.07, 6.45) is 6.20. The van der Waals surface area contributed by atoms with Crippen molar-refractivity contribution in [2.75, 3.05) is 0 Å². The largest absolute Gasteiger partial charge is 0.481 e. The van der Waals surface area contributed by atoms with Crippen molar-refractivity contribution in [1.82, 2.24) is 0 Å². The Bertz CT molecular complexity index is 256. The monoisotopic (exact) mass is 212 g/mol. The Labute approximate surface area is 90.5 Å². The van der Waals surface area contributed by atoms with Gasteiger partial charge in [-0.15, -0.1) is 0 Å². The Morgan fingerprint density at radius 3 is 2.27 bits per heavy atom. The number of hydrogen-bond donors (Lipinski definition) is 2. The van der Waals surface area contributed by atoms with Crippen LogP contribution in [-0.2, 0) is 4.79 Å². The van der Waals surface area contributed by atoms with Crippen molar-refractivity contribution in [2.45, 2.75) is 57.5 Å². The van der Waals surface area contributed by atoms with Crippen LogP contribution in [-0.4, -0.2) is 21.8 Å². The molecular weight excluding hydrogens is 192 g/mol. The van der Waals surface area contributed by atoms with E-state index >= 15 is 0 Å². The van der Waals surface area contributed by atoms with Gasteiger partial charge in [0, 0.05) is 0 Å². The molecule has 0 atom stereocenters. The first-order chi connectivity index (χ1) is 6.99. The van der Waals surface area contributed by atoms with Gasteiger partial charge in [0.2, 0.25) is 0 Å². The zero-order chi connectivity index (χ0) is 11.1. The van der Waals surface area contributed by atoms with Crippen LogP contribution in [0.3, 0.4) is 0 Å². The molecule has 2 N–H and O–H groups in total. The summed E-state index contributed by atoms with van der Waals surface area (Å²) in [5.74, 6) is -0.777. The Hall–Kier alpha value is -0.570. The standard InChI is InChI=1S/C12H20O3/c1-2-12(15)7-11(8-12)5-3-9(4-6-11)10(13)14/h9,15H,2-8H2,1H3,(H,13,14). The van der Waals surface area contributed by atoms with Crippen LogP contribution in [0.4, 0.5) is 0 Å². The van der Waals surface area contributed by atoms with E-state index in [9.17, 15) is 9.90 Å². The molecule has 3 nitrogen and oxygen atoms in total. The Morgan fingerprint density at radius 1 is 1.33 bits per heavy atom. The van der Waals surface area contributed by atoms with Crippen LogP contribution < -0.4 is 0 Å². The highest BCUT2D eigenvalue weighted by molar-refractivity contribution is 5.70. The summed E-state index contributed by atoms with van der Waals surface area (Å²) in [5.41, 5.74) is -0.146. The second kappa shape index (κ2) is 3.48. The van der Waals surface area contributed by atoms with Crippen molar-refractivity contribution in [2.24, 2.45) is 11.3 Å². The summed E-state index contributed by atoms with van der Waals surface area (Å²) >= 11 is 0. The molecule has 0 amide bonds. The van der Waals surface area contributed by atoms with Gasteiger partial charge in [0.15, 0.2) is 0 Å². The van der Waals surface area contributed by atoms with Gasteiger partial charge in [-0.2, -0.15) is 0 Å². The van der Waals surface area contributed by atoms with E-state index in [0.717, 1.165) is 44.9 Å². The highest BCUT2D eigenvalue weighted by atomic mass is 16.4. The molecule has 2 aliphatic carbocycles. The first-order valence-electron chi connectivity index (χ1n) is 5.94. The highest BCUT2D eigenvalue weighted by Crippen LogP contribution is 2.58. The van der Waals surface area contributed by atoms with E-state index in [4.69, 9.17) is 5.11 Å². The molecule has 2 aliphatic rings. The molecule has 3 heteroatoms. The average molecular weight is 212 g/mol. The van der Waals surface area contributed by atoms with Gasteiger partial charge >= 0.3 is 5.97 Å². The minimum atomic E-state index is -0.644. The molecule has 15 heavy (non-hydrogen) atoms. The lowest BCUT2D eigenvalue weighted by molar-refractivity contribution is -0.158. The Morgan fingerprint density at radius 2 is 1.87 bits per heavy atom. The zero-order valence-electron chi connectivity index (χ0n) is 9.33. The maximum absolute atomic E-state index is 10.8. The molecule has 0 bridgehead atoms. The number of rotatable bonds is 2. The fourth-order valence-electron chi connectivity index (χ4n) is 3.42. The number of carboxylic acids is 1. The number of carbonyl (C=O) groups is 1. The van der Waals surface area contributed by atoms with Gasteiger partial charge < -0.3 is 10.2 Å². The fourth-order valence-corrected chi connectivity index (χ4v) is 3.42. The van der Waals surface area contributed by atoms with Crippen molar-refractivity contribution in [3.63, 3.8) is 0 Å². The Kier molecular flexibility index (Phi) is 2.53. The van der Waals surface area contributed by atoms with Crippen LogP contribution in [0.2, 0.25) is 0 Å². The molecule has 0 aromatic carbocycles. The topological polar surface area (TPSA) is 57.5 Å². The molecule has 0 saturated heterocycles. The molecule has 86 valence electrons. The SMILES string of the molecule is CCC1(O)CC2(CCC(C(=O)O)CC2)C1. The molecule has 0 aliphatic heterocycles. The summed E-state index contributed by atoms with van der Waals surface area (Å²) in [4.78, 5) is 10.8. The smallest absolute Gasteiger partial charge is 0.306 e. The molecule has 1 spiro atoms. The molecule has 2 fully saturated rings. The van der Waals surface area contributed by atoms with Crippen molar-refractivity contribution in [1.29, 1.82) is 0 Å². The number of carboxylic acid groups (broad SMARTS) is 1. The third kappa shape index (κ3) is 1.89. The lowest BCUT2D eigenvalue weighted by Gasteiger charge is -2.56. The third-order valence-corrected chi connectivity index (χ3v) is 4.46. The molecule has 0 aromatic rings. The molecule has 0 heterocycles. The molecular formula is C12H20O3. The average Bonchev–Trinajstić information content (AvgIpc) is 2.16.